The van der Waals surface area contributed by atoms with Crippen molar-refractivity contribution in [2.75, 3.05) is 19.6 Å². The zero-order valence-corrected chi connectivity index (χ0v) is 21.8. The van der Waals surface area contributed by atoms with Gasteiger partial charge in [-0.05, 0) is 42.0 Å². The van der Waals surface area contributed by atoms with Gasteiger partial charge in [-0.2, -0.15) is 9.98 Å². The second kappa shape index (κ2) is 11.4. The molecule has 1 fully saturated rings. The van der Waals surface area contributed by atoms with Gasteiger partial charge in [0.1, 0.15) is 10.3 Å². The third-order valence-corrected chi connectivity index (χ3v) is 9.22. The molecule has 1 aliphatic rings. The SMILES string of the molecule is N#CCCN(Cc1ccccc1)C(=O)CN1CCCC(NS(=O)(=O)c2cc3ccc(Cl)cc3s2)C1=O. The molecule has 2 aromatic carbocycles. The number of amides is 2. The predicted octanol–water partition coefficient (Wildman–Crippen LogP) is 3.77. The van der Waals surface area contributed by atoms with E-state index in [4.69, 9.17) is 16.9 Å². The van der Waals surface area contributed by atoms with Gasteiger partial charge in [0, 0.05) is 29.4 Å². The summed E-state index contributed by atoms with van der Waals surface area (Å²) in [6, 6.07) is 17.2. The summed E-state index contributed by atoms with van der Waals surface area (Å²) in [5.41, 5.74) is 0.920. The van der Waals surface area contributed by atoms with Gasteiger partial charge >= 0.3 is 0 Å². The first-order valence-corrected chi connectivity index (χ1v) is 14.1. The number of sulfonamides is 1. The first kappa shape index (κ1) is 26.1. The molecule has 1 atom stereocenters. The number of carbonyl (C=O) groups is 2. The molecule has 2 heterocycles. The smallest absolute Gasteiger partial charge is 0.250 e. The molecule has 1 N–H and O–H groups in total. The third kappa shape index (κ3) is 6.23. The number of rotatable bonds is 9. The van der Waals surface area contributed by atoms with Gasteiger partial charge in [0.25, 0.3) is 10.0 Å². The lowest BCUT2D eigenvalue weighted by molar-refractivity contribution is -0.143. The van der Waals surface area contributed by atoms with Crippen molar-refractivity contribution in [1.29, 1.82) is 5.26 Å². The quantitative estimate of drug-likeness (QED) is 0.441. The molecule has 1 aromatic heterocycles. The van der Waals surface area contributed by atoms with Crippen molar-refractivity contribution in [2.24, 2.45) is 0 Å². The maximum absolute atomic E-state index is 13.1. The van der Waals surface area contributed by atoms with Crippen LogP contribution in [0.25, 0.3) is 10.1 Å². The van der Waals surface area contributed by atoms with Gasteiger partial charge in [-0.25, -0.2) is 8.42 Å². The Morgan fingerprint density at radius 2 is 2.00 bits per heavy atom. The zero-order chi connectivity index (χ0) is 25.7. The second-order valence-corrected chi connectivity index (χ2v) is 12.0. The number of nitrogens with zero attached hydrogens (tertiary/aromatic N) is 3. The van der Waals surface area contributed by atoms with Gasteiger partial charge in [0.15, 0.2) is 0 Å². The molecule has 0 saturated carbocycles. The fourth-order valence-corrected chi connectivity index (χ4v) is 7.02. The fraction of sp³-hybridized carbons (Fsp3) is 0.320. The molecular weight excluding hydrogens is 520 g/mol. The van der Waals surface area contributed by atoms with Crippen LogP contribution in [0.2, 0.25) is 5.02 Å². The van der Waals surface area contributed by atoms with Crippen LogP contribution in [0.15, 0.2) is 58.8 Å². The van der Waals surface area contributed by atoms with E-state index in [0.29, 0.717) is 31.0 Å². The van der Waals surface area contributed by atoms with Crippen LogP contribution in [0, 0.1) is 11.3 Å². The Morgan fingerprint density at radius 3 is 2.75 bits per heavy atom. The summed E-state index contributed by atoms with van der Waals surface area (Å²) in [6.07, 6.45) is 1.09. The number of halogens is 1. The lowest BCUT2D eigenvalue weighted by atomic mass is 10.1. The highest BCUT2D eigenvalue weighted by molar-refractivity contribution is 7.91. The van der Waals surface area contributed by atoms with Gasteiger partial charge in [-0.3, -0.25) is 9.59 Å². The first-order valence-electron chi connectivity index (χ1n) is 11.5. The zero-order valence-electron chi connectivity index (χ0n) is 19.4. The van der Waals surface area contributed by atoms with Crippen LogP contribution in [-0.4, -0.2) is 55.7 Å². The van der Waals surface area contributed by atoms with Crippen LogP contribution in [-0.2, 0) is 26.2 Å². The molecule has 11 heteroatoms. The number of carbonyl (C=O) groups excluding carboxylic acids is 2. The van der Waals surface area contributed by atoms with Crippen LogP contribution in [0.3, 0.4) is 0 Å². The number of hydrogen-bond donors (Lipinski definition) is 1. The largest absolute Gasteiger partial charge is 0.336 e. The molecule has 36 heavy (non-hydrogen) atoms. The Labute approximate surface area is 219 Å². The molecule has 0 radical (unpaired) electrons. The topological polar surface area (TPSA) is 111 Å². The fourth-order valence-electron chi connectivity index (χ4n) is 4.11. The van der Waals surface area contributed by atoms with Crippen molar-refractivity contribution in [2.45, 2.75) is 36.1 Å². The van der Waals surface area contributed by atoms with Crippen LogP contribution in [0.1, 0.15) is 24.8 Å². The van der Waals surface area contributed by atoms with Crippen molar-refractivity contribution < 1.29 is 18.0 Å². The van der Waals surface area contributed by atoms with Crippen molar-refractivity contribution in [1.82, 2.24) is 14.5 Å². The molecule has 2 amide bonds. The monoisotopic (exact) mass is 544 g/mol. The maximum atomic E-state index is 13.1. The average Bonchev–Trinajstić information content (AvgIpc) is 3.29. The van der Waals surface area contributed by atoms with Gasteiger partial charge in [0.2, 0.25) is 11.8 Å². The average molecular weight is 545 g/mol. The highest BCUT2D eigenvalue weighted by Crippen LogP contribution is 2.31. The van der Waals surface area contributed by atoms with Gasteiger partial charge in [-0.1, -0.05) is 48.0 Å². The minimum Gasteiger partial charge on any atom is -0.336 e. The molecule has 8 nitrogen and oxygen atoms in total. The molecule has 0 spiro atoms. The van der Waals surface area contributed by atoms with Gasteiger partial charge < -0.3 is 9.80 Å². The number of nitriles is 1. The van der Waals surface area contributed by atoms with E-state index in [2.05, 4.69) is 10.8 Å². The van der Waals surface area contributed by atoms with Gasteiger partial charge in [0.05, 0.1) is 19.0 Å². The van der Waals surface area contributed by atoms with E-state index in [1.54, 1.807) is 29.2 Å². The lowest BCUT2D eigenvalue weighted by Gasteiger charge is -2.33. The molecular formula is C25H25ClN4O4S2. The number of hydrogen-bond acceptors (Lipinski definition) is 6. The summed E-state index contributed by atoms with van der Waals surface area (Å²) in [7, 11) is -3.94. The predicted molar refractivity (Wildman–Crippen MR) is 139 cm³/mol. The molecule has 1 unspecified atom stereocenters. The molecule has 4 rings (SSSR count). The van der Waals surface area contributed by atoms with E-state index in [9.17, 15) is 18.0 Å². The van der Waals surface area contributed by atoms with Crippen LogP contribution >= 0.6 is 22.9 Å². The van der Waals surface area contributed by atoms with Crippen molar-refractivity contribution in [3.63, 3.8) is 0 Å². The third-order valence-electron chi connectivity index (χ3n) is 5.94. The normalized spacial score (nSPS) is 16.2. The Kier molecular flexibility index (Phi) is 8.26. The number of thiophene rings is 1. The summed E-state index contributed by atoms with van der Waals surface area (Å²) in [4.78, 5) is 29.2. The molecule has 3 aromatic rings. The number of nitrogens with one attached hydrogen (secondary N) is 1. The van der Waals surface area contributed by atoms with E-state index >= 15 is 0 Å². The molecule has 0 aliphatic carbocycles. The highest BCUT2D eigenvalue weighted by Gasteiger charge is 2.34. The van der Waals surface area contributed by atoms with E-state index in [1.807, 2.05) is 30.3 Å². The minimum absolute atomic E-state index is 0.103. The number of benzene rings is 2. The molecule has 0 bridgehead atoms. The summed E-state index contributed by atoms with van der Waals surface area (Å²) in [5, 5.41) is 10.3. The Balaban J connectivity index is 1.44. The number of piperidine rings is 1. The first-order chi connectivity index (χ1) is 17.3. The van der Waals surface area contributed by atoms with Gasteiger partial charge in [-0.15, -0.1) is 11.3 Å². The van der Waals surface area contributed by atoms with Crippen LogP contribution < -0.4 is 4.72 Å². The highest BCUT2D eigenvalue weighted by atomic mass is 35.5. The summed E-state index contributed by atoms with van der Waals surface area (Å²) < 4.78 is 29.5. The summed E-state index contributed by atoms with van der Waals surface area (Å²) in [5.74, 6) is -0.713. The number of likely N-dealkylation sites (tertiary alicyclic amines) is 1. The second-order valence-electron chi connectivity index (χ2n) is 8.53. The van der Waals surface area contributed by atoms with Crippen molar-refractivity contribution in [3.05, 3.63) is 65.2 Å². The van der Waals surface area contributed by atoms with E-state index in [0.717, 1.165) is 27.0 Å². The summed E-state index contributed by atoms with van der Waals surface area (Å²) in [6.45, 7) is 0.770. The van der Waals surface area contributed by atoms with Crippen molar-refractivity contribution >= 4 is 54.9 Å². The molecule has 1 saturated heterocycles. The number of fused-ring (bicyclic) bond motifs is 1. The Morgan fingerprint density at radius 1 is 1.22 bits per heavy atom. The van der Waals surface area contributed by atoms with E-state index in [1.165, 1.54) is 4.90 Å². The Bertz CT molecular complexity index is 1400. The molecule has 188 valence electrons. The van der Waals surface area contributed by atoms with Crippen molar-refractivity contribution in [3.8, 4) is 6.07 Å². The van der Waals surface area contributed by atoms with Crippen LogP contribution in [0.5, 0.6) is 0 Å². The van der Waals surface area contributed by atoms with E-state index < -0.39 is 22.0 Å². The Hall–Kier alpha value is -2.97. The van der Waals surface area contributed by atoms with E-state index in [-0.39, 0.29) is 29.6 Å². The van der Waals surface area contributed by atoms with Crippen LogP contribution in [0.4, 0.5) is 0 Å². The lowest BCUT2D eigenvalue weighted by Crippen LogP contribution is -2.54. The minimum atomic E-state index is -3.94. The molecule has 1 aliphatic heterocycles. The standard InChI is InChI=1S/C25H25ClN4O4S2/c26-20-10-9-19-14-24(35-22(19)15-20)36(33,34)28-21-8-4-12-30(25(21)32)17-23(31)29(13-5-11-27)16-18-6-2-1-3-7-18/h1-3,6-7,9-10,14-15,21,28H,4-5,8,12-13,16-17H2. The summed E-state index contributed by atoms with van der Waals surface area (Å²) >= 11 is 7.10. The maximum Gasteiger partial charge on any atom is 0.250 e.